The topological polar surface area (TPSA) is 88.2 Å². The van der Waals surface area contributed by atoms with Crippen molar-refractivity contribution in [2.75, 3.05) is 10.6 Å². The van der Waals surface area contributed by atoms with Gasteiger partial charge in [0.15, 0.2) is 5.82 Å². The van der Waals surface area contributed by atoms with Crippen LogP contribution in [0.4, 0.5) is 27.9 Å². The molecule has 0 bridgehead atoms. The molecule has 8 heteroatoms. The van der Waals surface area contributed by atoms with E-state index in [4.69, 9.17) is 16.3 Å². The molecular formula is C23H20ClN5O2. The number of rotatable bonds is 4. The van der Waals surface area contributed by atoms with E-state index >= 15 is 0 Å². The van der Waals surface area contributed by atoms with Crippen LogP contribution in [0.3, 0.4) is 0 Å². The van der Waals surface area contributed by atoms with Crippen LogP contribution in [0.25, 0.3) is 0 Å². The molecule has 3 N–H and O–H groups in total. The van der Waals surface area contributed by atoms with Gasteiger partial charge in [-0.2, -0.15) is 4.98 Å². The number of anilines is 4. The Kier molecular flexibility index (Phi) is 4.24. The van der Waals surface area contributed by atoms with Crippen molar-refractivity contribution in [3.63, 3.8) is 0 Å². The molecule has 0 radical (unpaired) electrons. The molecule has 1 aromatic heterocycles. The van der Waals surface area contributed by atoms with Gasteiger partial charge in [-0.05, 0) is 59.7 Å². The van der Waals surface area contributed by atoms with Crippen LogP contribution in [0.5, 0.6) is 0 Å². The van der Waals surface area contributed by atoms with Crippen LogP contribution < -0.4 is 16.0 Å². The van der Waals surface area contributed by atoms with Crippen LogP contribution in [-0.2, 0) is 24.0 Å². The predicted octanol–water partition coefficient (Wildman–Crippen LogP) is 4.81. The van der Waals surface area contributed by atoms with Gasteiger partial charge in [-0.25, -0.2) is 9.78 Å². The van der Waals surface area contributed by atoms with Crippen LogP contribution in [-0.4, -0.2) is 22.2 Å². The zero-order valence-electron chi connectivity index (χ0n) is 16.6. The molecule has 1 fully saturated rings. The van der Waals surface area contributed by atoms with E-state index in [1.165, 1.54) is 23.1 Å². The highest BCUT2D eigenvalue weighted by Crippen LogP contribution is 2.38. The third-order valence-corrected chi connectivity index (χ3v) is 6.48. The summed E-state index contributed by atoms with van der Waals surface area (Å²) in [6.45, 7) is 0. The van der Waals surface area contributed by atoms with Crippen LogP contribution in [0.2, 0.25) is 5.02 Å². The summed E-state index contributed by atoms with van der Waals surface area (Å²) in [5.74, 6) is 1.01. The van der Waals surface area contributed by atoms with E-state index in [1.54, 1.807) is 6.20 Å². The summed E-state index contributed by atoms with van der Waals surface area (Å²) in [5, 5.41) is 9.99. The first-order valence-electron chi connectivity index (χ1n) is 10.4. The SMILES string of the molecule is O=C1N[C@@H]2c3cc(Nc4ncc(Cl)c(Nc5cccc6c5CCC6)n4)ccc3C[C@@H]2O1. The zero-order valence-corrected chi connectivity index (χ0v) is 17.4. The molecule has 3 aromatic rings. The average molecular weight is 434 g/mol. The first-order chi connectivity index (χ1) is 15.1. The minimum atomic E-state index is -0.358. The maximum absolute atomic E-state index is 11.5. The zero-order chi connectivity index (χ0) is 20.9. The molecule has 31 heavy (non-hydrogen) atoms. The van der Waals surface area contributed by atoms with Crippen molar-refractivity contribution in [1.29, 1.82) is 0 Å². The van der Waals surface area contributed by atoms with E-state index in [0.29, 0.717) is 16.8 Å². The highest BCUT2D eigenvalue weighted by Gasteiger charge is 2.41. The smallest absolute Gasteiger partial charge is 0.408 e. The van der Waals surface area contributed by atoms with Crippen molar-refractivity contribution in [2.45, 2.75) is 37.8 Å². The van der Waals surface area contributed by atoms with E-state index < -0.39 is 0 Å². The molecule has 6 rings (SSSR count). The van der Waals surface area contributed by atoms with Gasteiger partial charge in [-0.3, -0.25) is 0 Å². The molecule has 0 saturated carbocycles. The quantitative estimate of drug-likeness (QED) is 0.547. The maximum atomic E-state index is 11.5. The Hall–Kier alpha value is -3.32. The van der Waals surface area contributed by atoms with Gasteiger partial charge in [0.05, 0.1) is 12.2 Å². The maximum Gasteiger partial charge on any atom is 0.408 e. The molecule has 2 aliphatic carbocycles. The lowest BCUT2D eigenvalue weighted by Gasteiger charge is -2.14. The van der Waals surface area contributed by atoms with Crippen molar-refractivity contribution in [2.24, 2.45) is 0 Å². The number of fused-ring (bicyclic) bond motifs is 4. The van der Waals surface area contributed by atoms with Gasteiger partial charge < -0.3 is 20.7 Å². The average Bonchev–Trinajstić information content (AvgIpc) is 3.45. The van der Waals surface area contributed by atoms with E-state index in [-0.39, 0.29) is 18.2 Å². The second kappa shape index (κ2) is 7.13. The van der Waals surface area contributed by atoms with Gasteiger partial charge in [0, 0.05) is 17.8 Å². The summed E-state index contributed by atoms with van der Waals surface area (Å²) in [5.41, 5.74) is 6.84. The largest absolute Gasteiger partial charge is 0.443 e. The number of halogens is 1. The molecule has 3 aliphatic rings. The Morgan fingerprint density at radius 3 is 3.00 bits per heavy atom. The van der Waals surface area contributed by atoms with Crippen molar-refractivity contribution in [3.8, 4) is 0 Å². The number of carbonyl (C=O) groups is 1. The number of nitrogens with zero attached hydrogens (tertiary/aromatic N) is 2. The fraction of sp³-hybridized carbons (Fsp3) is 0.261. The Morgan fingerprint density at radius 2 is 2.06 bits per heavy atom. The number of ether oxygens (including phenoxy) is 1. The molecule has 1 aliphatic heterocycles. The lowest BCUT2D eigenvalue weighted by Crippen LogP contribution is -2.18. The second-order valence-electron chi connectivity index (χ2n) is 8.12. The van der Waals surface area contributed by atoms with Gasteiger partial charge >= 0.3 is 6.09 Å². The lowest BCUT2D eigenvalue weighted by molar-refractivity contribution is 0.136. The summed E-state index contributed by atoms with van der Waals surface area (Å²) in [6, 6.07) is 12.2. The fourth-order valence-corrected chi connectivity index (χ4v) is 4.91. The highest BCUT2D eigenvalue weighted by molar-refractivity contribution is 6.32. The lowest BCUT2D eigenvalue weighted by atomic mass is 10.1. The monoisotopic (exact) mass is 433 g/mol. The summed E-state index contributed by atoms with van der Waals surface area (Å²) in [7, 11) is 0. The molecule has 2 heterocycles. The van der Waals surface area contributed by atoms with Gasteiger partial charge in [-0.1, -0.05) is 29.8 Å². The number of carbonyl (C=O) groups excluding carboxylic acids is 1. The highest BCUT2D eigenvalue weighted by atomic mass is 35.5. The summed E-state index contributed by atoms with van der Waals surface area (Å²) < 4.78 is 5.32. The van der Waals surface area contributed by atoms with Gasteiger partial charge in [-0.15, -0.1) is 0 Å². The molecule has 156 valence electrons. The Balaban J connectivity index is 1.26. The molecule has 7 nitrogen and oxygen atoms in total. The van der Waals surface area contributed by atoms with E-state index in [0.717, 1.165) is 36.2 Å². The molecule has 2 aromatic carbocycles. The first kappa shape index (κ1) is 18.4. The number of hydrogen-bond donors (Lipinski definition) is 3. The molecule has 0 spiro atoms. The third kappa shape index (κ3) is 3.25. The van der Waals surface area contributed by atoms with Gasteiger partial charge in [0.1, 0.15) is 11.1 Å². The second-order valence-corrected chi connectivity index (χ2v) is 8.53. The van der Waals surface area contributed by atoms with E-state index in [1.807, 2.05) is 18.2 Å². The molecule has 1 saturated heterocycles. The van der Waals surface area contributed by atoms with Crippen molar-refractivity contribution >= 4 is 40.8 Å². The molecule has 1 amide bonds. The van der Waals surface area contributed by atoms with Crippen LogP contribution in [0.1, 0.15) is 34.7 Å². The standard InChI is InChI=1S/C23H20ClN5O2/c24-17-11-25-22(29-21(17)27-18-6-2-4-12-3-1-5-15(12)18)26-14-8-7-13-9-19-20(16(13)10-14)28-23(30)31-19/h2,4,6-8,10-11,19-20H,1,3,5,9H2,(H,28,30)(H2,25,26,27,29)/t19-,20+/m0/s1. The number of hydrogen-bond acceptors (Lipinski definition) is 6. The molecule has 0 unspecified atom stereocenters. The number of benzene rings is 2. The first-order valence-corrected chi connectivity index (χ1v) is 10.8. The minimum absolute atomic E-state index is 0.104. The Labute approximate surface area is 184 Å². The normalized spacial score (nSPS) is 20.5. The van der Waals surface area contributed by atoms with Gasteiger partial charge in [0.2, 0.25) is 5.95 Å². The molecular weight excluding hydrogens is 414 g/mol. The van der Waals surface area contributed by atoms with Crippen LogP contribution >= 0.6 is 11.6 Å². The number of aryl methyl sites for hydroxylation is 1. The number of alkyl carbamates (subject to hydrolysis) is 1. The number of aromatic nitrogens is 2. The number of amides is 1. The van der Waals surface area contributed by atoms with Crippen LogP contribution in [0.15, 0.2) is 42.6 Å². The van der Waals surface area contributed by atoms with Crippen molar-refractivity contribution in [1.82, 2.24) is 15.3 Å². The van der Waals surface area contributed by atoms with Crippen molar-refractivity contribution < 1.29 is 9.53 Å². The summed E-state index contributed by atoms with van der Waals surface area (Å²) in [6.07, 6.45) is 5.17. The fourth-order valence-electron chi connectivity index (χ4n) is 4.77. The van der Waals surface area contributed by atoms with Gasteiger partial charge in [0.25, 0.3) is 0 Å². The summed E-state index contributed by atoms with van der Waals surface area (Å²) in [4.78, 5) is 20.5. The molecule has 2 atom stereocenters. The Morgan fingerprint density at radius 1 is 1.13 bits per heavy atom. The van der Waals surface area contributed by atoms with E-state index in [9.17, 15) is 4.79 Å². The predicted molar refractivity (Wildman–Crippen MR) is 118 cm³/mol. The minimum Gasteiger partial charge on any atom is -0.443 e. The number of nitrogens with one attached hydrogen (secondary N) is 3. The Bertz CT molecular complexity index is 1210. The van der Waals surface area contributed by atoms with E-state index in [2.05, 4.69) is 44.1 Å². The summed E-state index contributed by atoms with van der Waals surface area (Å²) >= 11 is 6.38. The van der Waals surface area contributed by atoms with Crippen molar-refractivity contribution in [3.05, 3.63) is 69.9 Å². The third-order valence-electron chi connectivity index (χ3n) is 6.20. The van der Waals surface area contributed by atoms with Crippen LogP contribution in [0, 0.1) is 0 Å².